The Kier molecular flexibility index (Phi) is 4.02. The Balaban J connectivity index is 1.31. The number of para-hydroxylation sites is 1. The Bertz CT molecular complexity index is 1010. The highest BCUT2D eigenvalue weighted by Gasteiger charge is 2.31. The summed E-state index contributed by atoms with van der Waals surface area (Å²) in [6.07, 6.45) is 0.754. The number of carbonyl (C=O) groups is 1. The molecule has 1 aromatic heterocycles. The molecular weight excluding hydrogens is 338 g/mol. The lowest BCUT2D eigenvalue weighted by atomic mass is 10.1. The molecule has 1 amide bonds. The van der Waals surface area contributed by atoms with E-state index in [9.17, 15) is 4.79 Å². The van der Waals surface area contributed by atoms with Crippen molar-refractivity contribution in [1.82, 2.24) is 9.88 Å². The quantitative estimate of drug-likeness (QED) is 0.760. The molecule has 5 rings (SSSR count). The van der Waals surface area contributed by atoms with E-state index in [0.29, 0.717) is 32.3 Å². The lowest BCUT2D eigenvalue weighted by molar-refractivity contribution is 0.0210. The molecule has 2 aromatic carbocycles. The predicted octanol–water partition coefficient (Wildman–Crippen LogP) is 3.24. The number of ether oxygens (including phenoxy) is 1. The van der Waals surface area contributed by atoms with Crippen LogP contribution < -0.4 is 5.32 Å². The maximum absolute atomic E-state index is 13.0. The lowest BCUT2D eigenvalue weighted by Gasteiger charge is -2.28. The minimum Gasteiger partial charge on any atom is -0.377 e. The van der Waals surface area contributed by atoms with Gasteiger partial charge < -0.3 is 15.0 Å². The molecule has 1 saturated heterocycles. The number of hydrogen-bond donors (Lipinski definition) is 1. The van der Waals surface area contributed by atoms with E-state index in [0.717, 1.165) is 39.8 Å². The average molecular weight is 359 g/mol. The van der Waals surface area contributed by atoms with Crippen molar-refractivity contribution in [3.05, 3.63) is 71.4 Å². The predicted molar refractivity (Wildman–Crippen MR) is 105 cm³/mol. The number of aromatic nitrogens is 1. The van der Waals surface area contributed by atoms with Crippen molar-refractivity contribution in [3.63, 3.8) is 0 Å². The second-order valence-corrected chi connectivity index (χ2v) is 7.19. The Morgan fingerprint density at radius 3 is 2.81 bits per heavy atom. The number of pyridine rings is 1. The minimum atomic E-state index is 0.106. The number of benzene rings is 2. The number of nitrogens with one attached hydrogen (secondary N) is 1. The highest BCUT2D eigenvalue weighted by atomic mass is 16.5. The fourth-order valence-electron chi connectivity index (χ4n) is 3.76. The molecule has 2 aliphatic heterocycles. The van der Waals surface area contributed by atoms with Gasteiger partial charge >= 0.3 is 0 Å². The molecule has 0 aliphatic carbocycles. The highest BCUT2D eigenvalue weighted by molar-refractivity contribution is 6.03. The zero-order valence-electron chi connectivity index (χ0n) is 15.0. The Morgan fingerprint density at radius 2 is 1.96 bits per heavy atom. The molecule has 0 spiro atoms. The zero-order chi connectivity index (χ0) is 18.2. The molecule has 136 valence electrons. The number of fused-ring (bicyclic) bond motifs is 2. The number of nitrogens with zero attached hydrogens (tertiary/aromatic N) is 2. The van der Waals surface area contributed by atoms with Crippen molar-refractivity contribution in [2.75, 3.05) is 25.1 Å². The van der Waals surface area contributed by atoms with E-state index in [4.69, 9.17) is 9.72 Å². The Labute approximate surface area is 158 Å². The third-order valence-corrected chi connectivity index (χ3v) is 5.30. The van der Waals surface area contributed by atoms with Crippen LogP contribution in [-0.4, -0.2) is 41.6 Å². The van der Waals surface area contributed by atoms with Crippen LogP contribution in [0.5, 0.6) is 0 Å². The summed E-state index contributed by atoms with van der Waals surface area (Å²) in [7, 11) is 0. The number of rotatable bonds is 5. The molecule has 27 heavy (non-hydrogen) atoms. The van der Waals surface area contributed by atoms with Crippen molar-refractivity contribution < 1.29 is 9.53 Å². The molecular formula is C22H21N3O2. The average Bonchev–Trinajstić information content (AvgIpc) is 2.99. The van der Waals surface area contributed by atoms with Crippen LogP contribution >= 0.6 is 0 Å². The van der Waals surface area contributed by atoms with E-state index >= 15 is 0 Å². The molecule has 0 saturated carbocycles. The molecule has 0 bridgehead atoms. The molecule has 3 aromatic rings. The maximum atomic E-state index is 13.0. The second kappa shape index (κ2) is 6.67. The van der Waals surface area contributed by atoms with E-state index in [1.54, 1.807) is 0 Å². The van der Waals surface area contributed by atoms with Crippen molar-refractivity contribution in [2.45, 2.75) is 19.0 Å². The first-order valence-electron chi connectivity index (χ1n) is 9.38. The van der Waals surface area contributed by atoms with Gasteiger partial charge in [0.1, 0.15) is 0 Å². The number of amides is 1. The van der Waals surface area contributed by atoms with E-state index < -0.39 is 0 Å². The summed E-state index contributed by atoms with van der Waals surface area (Å²) in [6, 6.07) is 18.6. The monoisotopic (exact) mass is 359 g/mol. The van der Waals surface area contributed by atoms with Gasteiger partial charge in [0.2, 0.25) is 0 Å². The van der Waals surface area contributed by atoms with E-state index in [1.165, 1.54) is 0 Å². The van der Waals surface area contributed by atoms with E-state index in [2.05, 4.69) is 23.5 Å². The third kappa shape index (κ3) is 3.04. The third-order valence-electron chi connectivity index (χ3n) is 5.30. The molecule has 2 aliphatic rings. The van der Waals surface area contributed by atoms with Crippen LogP contribution in [0.1, 0.15) is 21.6 Å². The number of carbonyl (C=O) groups excluding carboxylic acids is 1. The largest absolute Gasteiger partial charge is 0.377 e. The highest BCUT2D eigenvalue weighted by Crippen LogP contribution is 2.30. The molecule has 0 radical (unpaired) electrons. The van der Waals surface area contributed by atoms with Gasteiger partial charge in [-0.25, -0.2) is 0 Å². The first kappa shape index (κ1) is 16.3. The summed E-state index contributed by atoms with van der Waals surface area (Å²) in [4.78, 5) is 19.6. The van der Waals surface area contributed by atoms with Crippen LogP contribution in [0.2, 0.25) is 0 Å². The summed E-state index contributed by atoms with van der Waals surface area (Å²) in [5.41, 5.74) is 4.85. The van der Waals surface area contributed by atoms with E-state index in [-0.39, 0.29) is 5.91 Å². The maximum Gasteiger partial charge on any atom is 0.256 e. The number of anilines is 1. The van der Waals surface area contributed by atoms with Gasteiger partial charge in [-0.05, 0) is 23.8 Å². The molecule has 5 nitrogen and oxygen atoms in total. The lowest BCUT2D eigenvalue weighted by Crippen LogP contribution is -2.40. The normalized spacial score (nSPS) is 16.4. The smallest absolute Gasteiger partial charge is 0.256 e. The minimum absolute atomic E-state index is 0.106. The Hall–Kier alpha value is -2.92. The van der Waals surface area contributed by atoms with Crippen LogP contribution in [0.3, 0.4) is 0 Å². The summed E-state index contributed by atoms with van der Waals surface area (Å²) in [5.74, 6) is 0.106. The molecule has 3 heterocycles. The van der Waals surface area contributed by atoms with Gasteiger partial charge in [-0.2, -0.15) is 0 Å². The first-order valence-corrected chi connectivity index (χ1v) is 9.38. The SMILES string of the molecule is O=C1c2c(cccc2NC2COC2)CN1CCc1ccc2ccccc2n1. The first-order chi connectivity index (χ1) is 13.3. The number of hydrogen-bond acceptors (Lipinski definition) is 4. The summed E-state index contributed by atoms with van der Waals surface area (Å²) < 4.78 is 5.23. The molecule has 0 unspecified atom stereocenters. The van der Waals surface area contributed by atoms with Gasteiger partial charge in [-0.1, -0.05) is 36.4 Å². The summed E-state index contributed by atoms with van der Waals surface area (Å²) in [6.45, 7) is 2.74. The van der Waals surface area contributed by atoms with Gasteiger partial charge in [0, 0.05) is 36.3 Å². The van der Waals surface area contributed by atoms with Gasteiger partial charge in [-0.15, -0.1) is 0 Å². The topological polar surface area (TPSA) is 54.5 Å². The second-order valence-electron chi connectivity index (χ2n) is 7.19. The van der Waals surface area contributed by atoms with Crippen molar-refractivity contribution >= 4 is 22.5 Å². The molecule has 1 fully saturated rings. The van der Waals surface area contributed by atoms with Crippen LogP contribution in [0, 0.1) is 0 Å². The van der Waals surface area contributed by atoms with Gasteiger partial charge in [0.05, 0.1) is 30.3 Å². The fourth-order valence-corrected chi connectivity index (χ4v) is 3.76. The Morgan fingerprint density at radius 1 is 1.07 bits per heavy atom. The molecule has 0 atom stereocenters. The summed E-state index contributed by atoms with van der Waals surface area (Å²) >= 11 is 0. The zero-order valence-corrected chi connectivity index (χ0v) is 15.0. The molecule has 1 N–H and O–H groups in total. The standard InChI is InChI=1S/C22H21N3O2/c26-22-21-16(5-3-7-20(21)24-18-13-27-14-18)12-25(22)11-10-17-9-8-15-4-1-2-6-19(15)23-17/h1-9,18,24H,10-14H2. The van der Waals surface area contributed by atoms with Crippen LogP contribution in [0.15, 0.2) is 54.6 Å². The van der Waals surface area contributed by atoms with Gasteiger partial charge in [0.25, 0.3) is 5.91 Å². The summed E-state index contributed by atoms with van der Waals surface area (Å²) in [5, 5.41) is 4.58. The van der Waals surface area contributed by atoms with Crippen molar-refractivity contribution in [3.8, 4) is 0 Å². The van der Waals surface area contributed by atoms with Crippen LogP contribution in [-0.2, 0) is 17.7 Å². The van der Waals surface area contributed by atoms with Crippen LogP contribution in [0.25, 0.3) is 10.9 Å². The van der Waals surface area contributed by atoms with Gasteiger partial charge in [0.15, 0.2) is 0 Å². The fraction of sp³-hybridized carbons (Fsp3) is 0.273. The molecule has 5 heteroatoms. The van der Waals surface area contributed by atoms with Gasteiger partial charge in [-0.3, -0.25) is 9.78 Å². The van der Waals surface area contributed by atoms with E-state index in [1.807, 2.05) is 41.3 Å². The van der Waals surface area contributed by atoms with Crippen molar-refractivity contribution in [2.24, 2.45) is 0 Å². The van der Waals surface area contributed by atoms with Crippen molar-refractivity contribution in [1.29, 1.82) is 0 Å². The van der Waals surface area contributed by atoms with Crippen LogP contribution in [0.4, 0.5) is 5.69 Å².